The molecule has 1 aliphatic heterocycles. The van der Waals surface area contributed by atoms with E-state index in [1.165, 1.54) is 11.8 Å². The second kappa shape index (κ2) is 2.51. The van der Waals surface area contributed by atoms with Crippen LogP contribution in [0.4, 0.5) is 0 Å². The molecule has 0 aromatic rings. The Hall–Kier alpha value is -1.08. The minimum atomic E-state index is -1.01. The maximum Gasteiger partial charge on any atom is 0.181 e. The van der Waals surface area contributed by atoms with Crippen molar-refractivity contribution in [1.82, 2.24) is 4.90 Å². The Morgan fingerprint density at radius 3 is 2.82 bits per heavy atom. The van der Waals surface area contributed by atoms with Crippen LogP contribution < -0.4 is 5.73 Å². The van der Waals surface area contributed by atoms with Gasteiger partial charge in [-0.1, -0.05) is 0 Å². The van der Waals surface area contributed by atoms with E-state index in [1.54, 1.807) is 0 Å². The Labute approximate surface area is 65.6 Å². The van der Waals surface area contributed by atoms with Gasteiger partial charge in [0.1, 0.15) is 0 Å². The van der Waals surface area contributed by atoms with Crippen LogP contribution in [0.25, 0.3) is 0 Å². The molecule has 0 amide bonds. The standard InChI is InChI=1S/C7H11N3O/c1-6(11)7(9)3-2-4-10(7)5-8/h2-4,9H2,1H3. The van der Waals surface area contributed by atoms with Crippen LogP contribution in [0, 0.1) is 11.5 Å². The van der Waals surface area contributed by atoms with Crippen LogP contribution in [0.5, 0.6) is 0 Å². The van der Waals surface area contributed by atoms with Crippen molar-refractivity contribution in [1.29, 1.82) is 5.26 Å². The lowest BCUT2D eigenvalue weighted by atomic mass is 10.0. The number of ketones is 1. The molecule has 11 heavy (non-hydrogen) atoms. The summed E-state index contributed by atoms with van der Waals surface area (Å²) in [5, 5.41) is 8.59. The molecule has 0 bridgehead atoms. The number of nitrogens with zero attached hydrogens (tertiary/aromatic N) is 2. The minimum Gasteiger partial charge on any atom is -0.302 e. The zero-order chi connectivity index (χ0) is 8.48. The maximum absolute atomic E-state index is 11.0. The van der Waals surface area contributed by atoms with Crippen molar-refractivity contribution in [2.45, 2.75) is 25.4 Å². The Bertz CT molecular complexity index is 220. The summed E-state index contributed by atoms with van der Waals surface area (Å²) in [7, 11) is 0. The topological polar surface area (TPSA) is 70.1 Å². The van der Waals surface area contributed by atoms with Gasteiger partial charge in [-0.05, 0) is 19.8 Å². The van der Waals surface area contributed by atoms with Crippen molar-refractivity contribution in [2.24, 2.45) is 5.73 Å². The summed E-state index contributed by atoms with van der Waals surface area (Å²) in [6.45, 7) is 2.03. The highest BCUT2D eigenvalue weighted by Gasteiger charge is 2.41. The van der Waals surface area contributed by atoms with E-state index in [1.807, 2.05) is 6.19 Å². The number of likely N-dealkylation sites (tertiary alicyclic amines) is 1. The summed E-state index contributed by atoms with van der Waals surface area (Å²) < 4.78 is 0. The van der Waals surface area contributed by atoms with Crippen LogP contribution >= 0.6 is 0 Å². The lowest BCUT2D eigenvalue weighted by Crippen LogP contribution is -2.55. The van der Waals surface area contributed by atoms with Gasteiger partial charge >= 0.3 is 0 Å². The molecule has 60 valence electrons. The maximum atomic E-state index is 11.0. The zero-order valence-electron chi connectivity index (χ0n) is 6.50. The molecule has 0 saturated carbocycles. The second-order valence-corrected chi connectivity index (χ2v) is 2.84. The molecule has 1 atom stereocenters. The largest absolute Gasteiger partial charge is 0.302 e. The number of nitriles is 1. The molecule has 0 aromatic heterocycles. The Balaban J connectivity index is 2.85. The average Bonchev–Trinajstić information content (AvgIpc) is 2.32. The molecule has 0 aliphatic carbocycles. The molecular formula is C7H11N3O. The predicted molar refractivity (Wildman–Crippen MR) is 39.2 cm³/mol. The lowest BCUT2D eigenvalue weighted by Gasteiger charge is -2.27. The molecule has 4 heteroatoms. The van der Waals surface area contributed by atoms with Gasteiger partial charge in [0, 0.05) is 6.54 Å². The van der Waals surface area contributed by atoms with Crippen LogP contribution in [0.3, 0.4) is 0 Å². The molecule has 0 spiro atoms. The molecular weight excluding hydrogens is 142 g/mol. The van der Waals surface area contributed by atoms with E-state index >= 15 is 0 Å². The highest BCUT2D eigenvalue weighted by molar-refractivity contribution is 5.85. The van der Waals surface area contributed by atoms with Crippen molar-refractivity contribution in [2.75, 3.05) is 6.54 Å². The Morgan fingerprint density at radius 1 is 1.82 bits per heavy atom. The third kappa shape index (κ3) is 1.08. The quantitative estimate of drug-likeness (QED) is 0.530. The highest BCUT2D eigenvalue weighted by Crippen LogP contribution is 2.23. The number of Topliss-reactive ketones (excluding diaryl/α,β-unsaturated/α-hetero) is 1. The molecule has 0 aromatic carbocycles. The molecule has 0 radical (unpaired) electrons. The summed E-state index contributed by atoms with van der Waals surface area (Å²) in [5.41, 5.74) is 4.71. The van der Waals surface area contributed by atoms with E-state index in [0.29, 0.717) is 13.0 Å². The summed E-state index contributed by atoms with van der Waals surface area (Å²) in [6, 6.07) is 0. The fourth-order valence-corrected chi connectivity index (χ4v) is 1.35. The molecule has 1 rings (SSSR count). The fourth-order valence-electron chi connectivity index (χ4n) is 1.35. The van der Waals surface area contributed by atoms with E-state index in [0.717, 1.165) is 6.42 Å². The van der Waals surface area contributed by atoms with Crippen molar-refractivity contribution in [3.05, 3.63) is 0 Å². The molecule has 4 nitrogen and oxygen atoms in total. The van der Waals surface area contributed by atoms with Crippen molar-refractivity contribution in [3.8, 4) is 6.19 Å². The normalized spacial score (nSPS) is 30.1. The lowest BCUT2D eigenvalue weighted by molar-refractivity contribution is -0.125. The molecule has 1 heterocycles. The molecule has 1 aliphatic rings. The summed E-state index contributed by atoms with van der Waals surface area (Å²) >= 11 is 0. The van der Waals surface area contributed by atoms with E-state index in [9.17, 15) is 4.79 Å². The van der Waals surface area contributed by atoms with Gasteiger partial charge in [0.2, 0.25) is 0 Å². The minimum absolute atomic E-state index is 0.128. The Kier molecular flexibility index (Phi) is 1.83. The first-order valence-corrected chi connectivity index (χ1v) is 3.58. The van der Waals surface area contributed by atoms with Gasteiger partial charge in [-0.25, -0.2) is 0 Å². The number of hydrogen-bond acceptors (Lipinski definition) is 4. The predicted octanol–water partition coefficient (Wildman–Crippen LogP) is -0.193. The highest BCUT2D eigenvalue weighted by atomic mass is 16.1. The fraction of sp³-hybridized carbons (Fsp3) is 0.714. The number of rotatable bonds is 1. The number of carbonyl (C=O) groups is 1. The van der Waals surface area contributed by atoms with Gasteiger partial charge in [0.05, 0.1) is 0 Å². The van der Waals surface area contributed by atoms with Crippen LogP contribution in [-0.4, -0.2) is 22.9 Å². The smallest absolute Gasteiger partial charge is 0.181 e. The number of hydrogen-bond donors (Lipinski definition) is 1. The van der Waals surface area contributed by atoms with Crippen LogP contribution in [0.1, 0.15) is 19.8 Å². The van der Waals surface area contributed by atoms with Gasteiger partial charge in [-0.15, -0.1) is 0 Å². The summed E-state index contributed by atoms with van der Waals surface area (Å²) in [4.78, 5) is 12.4. The number of carbonyl (C=O) groups excluding carboxylic acids is 1. The van der Waals surface area contributed by atoms with Gasteiger partial charge in [-0.2, -0.15) is 5.26 Å². The van der Waals surface area contributed by atoms with E-state index < -0.39 is 5.66 Å². The van der Waals surface area contributed by atoms with Crippen LogP contribution in [0.2, 0.25) is 0 Å². The molecule has 1 fully saturated rings. The van der Waals surface area contributed by atoms with Crippen LogP contribution in [-0.2, 0) is 4.79 Å². The van der Waals surface area contributed by atoms with Crippen molar-refractivity contribution < 1.29 is 4.79 Å². The summed E-state index contributed by atoms with van der Waals surface area (Å²) in [6.07, 6.45) is 3.34. The molecule has 1 unspecified atom stereocenters. The third-order valence-corrected chi connectivity index (χ3v) is 2.15. The van der Waals surface area contributed by atoms with Gasteiger partial charge < -0.3 is 5.73 Å². The van der Waals surface area contributed by atoms with Crippen molar-refractivity contribution in [3.63, 3.8) is 0 Å². The monoisotopic (exact) mass is 153 g/mol. The molecule has 1 saturated heterocycles. The van der Waals surface area contributed by atoms with Gasteiger partial charge in [0.25, 0.3) is 0 Å². The average molecular weight is 153 g/mol. The van der Waals surface area contributed by atoms with E-state index in [-0.39, 0.29) is 5.78 Å². The van der Waals surface area contributed by atoms with Gasteiger partial charge in [-0.3, -0.25) is 9.69 Å². The SMILES string of the molecule is CC(=O)C1(N)CCCN1C#N. The molecule has 2 N–H and O–H groups in total. The first kappa shape index (κ1) is 8.02. The van der Waals surface area contributed by atoms with E-state index in [4.69, 9.17) is 11.0 Å². The van der Waals surface area contributed by atoms with Crippen molar-refractivity contribution >= 4 is 5.78 Å². The van der Waals surface area contributed by atoms with Gasteiger partial charge in [0.15, 0.2) is 17.6 Å². The van der Waals surface area contributed by atoms with E-state index in [2.05, 4.69) is 0 Å². The Morgan fingerprint density at radius 2 is 2.45 bits per heavy atom. The first-order chi connectivity index (χ1) is 5.11. The zero-order valence-corrected chi connectivity index (χ0v) is 6.50. The van der Waals surface area contributed by atoms with Crippen LogP contribution in [0.15, 0.2) is 0 Å². The second-order valence-electron chi connectivity index (χ2n) is 2.84. The summed E-state index contributed by atoms with van der Waals surface area (Å²) in [5.74, 6) is -0.128. The first-order valence-electron chi connectivity index (χ1n) is 3.58. The third-order valence-electron chi connectivity index (χ3n) is 2.15. The number of nitrogens with two attached hydrogens (primary N) is 1.